The first-order valence-electron chi connectivity index (χ1n) is 6.39. The van der Waals surface area contributed by atoms with Gasteiger partial charge in [-0.3, -0.25) is 0 Å². The van der Waals surface area contributed by atoms with Gasteiger partial charge in [-0.2, -0.15) is 8.78 Å². The third-order valence-electron chi connectivity index (χ3n) is 2.84. The van der Waals surface area contributed by atoms with Gasteiger partial charge in [-0.05, 0) is 31.5 Å². The van der Waals surface area contributed by atoms with Crippen molar-refractivity contribution in [3.8, 4) is 5.75 Å². The minimum Gasteiger partial charge on any atom is -0.435 e. The van der Waals surface area contributed by atoms with Gasteiger partial charge in [0, 0.05) is 18.3 Å². The molecule has 0 aliphatic rings. The molecule has 0 bridgehead atoms. The van der Waals surface area contributed by atoms with E-state index in [1.165, 1.54) is 17.2 Å². The Balaban J connectivity index is 2.03. The molecule has 4 heteroatoms. The molecule has 0 amide bonds. The van der Waals surface area contributed by atoms with Gasteiger partial charge in [0.15, 0.2) is 0 Å². The summed E-state index contributed by atoms with van der Waals surface area (Å²) in [5.41, 5.74) is 4.32. The summed E-state index contributed by atoms with van der Waals surface area (Å²) in [5, 5.41) is 3.20. The number of alkyl halides is 2. The maximum absolute atomic E-state index is 12.1. The lowest BCUT2D eigenvalue weighted by atomic mass is 10.1. The summed E-state index contributed by atoms with van der Waals surface area (Å²) in [6.45, 7) is 1.94. The molecule has 0 fully saturated rings. The van der Waals surface area contributed by atoms with Crippen molar-refractivity contribution in [3.63, 3.8) is 0 Å². The number of benzene rings is 2. The van der Waals surface area contributed by atoms with Crippen molar-refractivity contribution in [1.29, 1.82) is 0 Å². The smallest absolute Gasteiger partial charge is 0.387 e. The molecule has 0 heterocycles. The number of hydrogen-bond acceptors (Lipinski definition) is 2. The van der Waals surface area contributed by atoms with Crippen molar-refractivity contribution in [1.82, 2.24) is 0 Å². The van der Waals surface area contributed by atoms with E-state index >= 15 is 0 Å². The molecule has 2 nitrogen and oxygen atoms in total. The van der Waals surface area contributed by atoms with E-state index in [0.29, 0.717) is 6.54 Å². The number of aryl methyl sites for hydroxylation is 2. The second-order valence-electron chi connectivity index (χ2n) is 4.76. The van der Waals surface area contributed by atoms with Gasteiger partial charge < -0.3 is 10.1 Å². The van der Waals surface area contributed by atoms with Crippen LogP contribution in [-0.4, -0.2) is 6.61 Å². The zero-order chi connectivity index (χ0) is 14.5. The molecular formula is C16H17F2NO. The molecule has 0 saturated heterocycles. The van der Waals surface area contributed by atoms with Crippen molar-refractivity contribution in [3.05, 3.63) is 59.2 Å². The third kappa shape index (κ3) is 4.23. The van der Waals surface area contributed by atoms with Crippen molar-refractivity contribution in [2.24, 2.45) is 0 Å². The van der Waals surface area contributed by atoms with Crippen LogP contribution < -0.4 is 10.1 Å². The van der Waals surface area contributed by atoms with Crippen molar-refractivity contribution < 1.29 is 13.5 Å². The molecule has 0 aliphatic carbocycles. The summed E-state index contributed by atoms with van der Waals surface area (Å²) in [6.07, 6.45) is 0. The highest BCUT2D eigenvalue weighted by Gasteiger charge is 2.04. The number of nitrogens with one attached hydrogen (secondary N) is 1. The van der Waals surface area contributed by atoms with Crippen LogP contribution in [0.5, 0.6) is 5.75 Å². The quantitative estimate of drug-likeness (QED) is 0.867. The van der Waals surface area contributed by atoms with Crippen LogP contribution in [0.2, 0.25) is 0 Å². The highest BCUT2D eigenvalue weighted by atomic mass is 19.3. The Kier molecular flexibility index (Phi) is 4.56. The minimum absolute atomic E-state index is 0.158. The van der Waals surface area contributed by atoms with Crippen LogP contribution >= 0.6 is 0 Å². The minimum atomic E-state index is -2.80. The summed E-state index contributed by atoms with van der Waals surface area (Å²) in [5.74, 6) is 0.158. The van der Waals surface area contributed by atoms with Crippen LogP contribution in [0.25, 0.3) is 0 Å². The average molecular weight is 277 g/mol. The van der Waals surface area contributed by atoms with Crippen molar-refractivity contribution >= 4 is 5.69 Å². The summed E-state index contributed by atoms with van der Waals surface area (Å²) in [4.78, 5) is 0. The molecule has 0 atom stereocenters. The van der Waals surface area contributed by atoms with Crippen LogP contribution in [0.15, 0.2) is 42.5 Å². The lowest BCUT2D eigenvalue weighted by molar-refractivity contribution is -0.0498. The van der Waals surface area contributed by atoms with E-state index in [1.807, 2.05) is 19.9 Å². The molecule has 0 unspecified atom stereocenters. The fourth-order valence-corrected chi connectivity index (χ4v) is 2.16. The van der Waals surface area contributed by atoms with Crippen LogP contribution in [0, 0.1) is 13.8 Å². The van der Waals surface area contributed by atoms with Crippen LogP contribution in [0.4, 0.5) is 14.5 Å². The van der Waals surface area contributed by atoms with Crippen molar-refractivity contribution in [2.75, 3.05) is 5.32 Å². The van der Waals surface area contributed by atoms with Gasteiger partial charge in [-0.15, -0.1) is 0 Å². The van der Waals surface area contributed by atoms with E-state index in [2.05, 4.69) is 28.3 Å². The largest absolute Gasteiger partial charge is 0.435 e. The molecule has 0 radical (unpaired) electrons. The van der Waals surface area contributed by atoms with Crippen molar-refractivity contribution in [2.45, 2.75) is 27.0 Å². The Bertz CT molecular complexity index is 564. The summed E-state index contributed by atoms with van der Waals surface area (Å²) in [6, 6.07) is 12.9. The first kappa shape index (κ1) is 14.3. The summed E-state index contributed by atoms with van der Waals surface area (Å²) < 4.78 is 28.7. The van der Waals surface area contributed by atoms with Crippen LogP contribution in [-0.2, 0) is 6.54 Å². The first-order chi connectivity index (χ1) is 9.52. The maximum Gasteiger partial charge on any atom is 0.387 e. The topological polar surface area (TPSA) is 21.3 Å². The Morgan fingerprint density at radius 3 is 2.40 bits per heavy atom. The molecule has 0 saturated carbocycles. The molecule has 106 valence electrons. The van der Waals surface area contributed by atoms with Gasteiger partial charge in [-0.25, -0.2) is 0 Å². The third-order valence-corrected chi connectivity index (χ3v) is 2.84. The number of hydrogen-bond donors (Lipinski definition) is 1. The molecule has 2 rings (SSSR count). The molecule has 2 aromatic rings. The molecule has 20 heavy (non-hydrogen) atoms. The van der Waals surface area contributed by atoms with Gasteiger partial charge in [-0.1, -0.05) is 35.4 Å². The van der Waals surface area contributed by atoms with Gasteiger partial charge in [0.1, 0.15) is 5.75 Å². The average Bonchev–Trinajstić information content (AvgIpc) is 2.35. The molecule has 0 spiro atoms. The van der Waals surface area contributed by atoms with Crippen LogP contribution in [0.3, 0.4) is 0 Å². The standard InChI is InChI=1S/C16H17F2NO/c1-11-6-12(2)8-13(7-11)10-19-14-4-3-5-15(9-14)20-16(17)18/h3-9,16,19H,10H2,1-2H3. The summed E-state index contributed by atoms with van der Waals surface area (Å²) >= 11 is 0. The fraction of sp³-hybridized carbons (Fsp3) is 0.250. The Hall–Kier alpha value is -2.10. The molecule has 2 aromatic carbocycles. The van der Waals surface area contributed by atoms with E-state index in [9.17, 15) is 8.78 Å². The van der Waals surface area contributed by atoms with E-state index in [1.54, 1.807) is 12.1 Å². The lowest BCUT2D eigenvalue weighted by Gasteiger charge is -2.10. The Morgan fingerprint density at radius 2 is 1.75 bits per heavy atom. The van der Waals surface area contributed by atoms with Gasteiger partial charge in [0.2, 0.25) is 0 Å². The normalized spacial score (nSPS) is 10.7. The van der Waals surface area contributed by atoms with E-state index in [4.69, 9.17) is 0 Å². The Morgan fingerprint density at radius 1 is 1.05 bits per heavy atom. The monoisotopic (exact) mass is 277 g/mol. The zero-order valence-corrected chi connectivity index (χ0v) is 11.5. The maximum atomic E-state index is 12.1. The number of ether oxygens (including phenoxy) is 1. The highest BCUT2D eigenvalue weighted by Crippen LogP contribution is 2.20. The predicted octanol–water partition coefficient (Wildman–Crippen LogP) is 4.52. The van der Waals surface area contributed by atoms with Gasteiger partial charge in [0.25, 0.3) is 0 Å². The molecule has 1 N–H and O–H groups in total. The van der Waals surface area contributed by atoms with Gasteiger partial charge in [0.05, 0.1) is 0 Å². The second kappa shape index (κ2) is 6.37. The molecule has 0 aromatic heterocycles. The second-order valence-corrected chi connectivity index (χ2v) is 4.76. The molecular weight excluding hydrogens is 260 g/mol. The van der Waals surface area contributed by atoms with E-state index in [0.717, 1.165) is 11.3 Å². The number of halogens is 2. The number of rotatable bonds is 5. The zero-order valence-electron chi connectivity index (χ0n) is 11.5. The molecule has 0 aliphatic heterocycles. The Labute approximate surface area is 117 Å². The summed E-state index contributed by atoms with van der Waals surface area (Å²) in [7, 11) is 0. The first-order valence-corrected chi connectivity index (χ1v) is 6.39. The fourth-order valence-electron chi connectivity index (χ4n) is 2.16. The SMILES string of the molecule is Cc1cc(C)cc(CNc2cccc(OC(F)F)c2)c1. The highest BCUT2D eigenvalue weighted by molar-refractivity contribution is 5.48. The number of anilines is 1. The lowest BCUT2D eigenvalue weighted by Crippen LogP contribution is -2.03. The van der Waals surface area contributed by atoms with E-state index < -0.39 is 6.61 Å². The predicted molar refractivity (Wildman–Crippen MR) is 76.3 cm³/mol. The van der Waals surface area contributed by atoms with Crippen LogP contribution in [0.1, 0.15) is 16.7 Å². The van der Waals surface area contributed by atoms with Gasteiger partial charge >= 0.3 is 6.61 Å². The van der Waals surface area contributed by atoms with E-state index in [-0.39, 0.29) is 5.75 Å².